The number of halogens is 5. The molecule has 22 heavy (non-hydrogen) atoms. The number of nitrogens with zero attached hydrogens (tertiary/aromatic N) is 2. The molecule has 0 bridgehead atoms. The summed E-state index contributed by atoms with van der Waals surface area (Å²) < 4.78 is 64.4. The second-order valence-corrected chi connectivity index (χ2v) is 4.62. The highest BCUT2D eigenvalue weighted by Gasteiger charge is 2.31. The van der Waals surface area contributed by atoms with E-state index in [0.717, 1.165) is 0 Å². The molecule has 0 aliphatic heterocycles. The van der Waals surface area contributed by atoms with Crippen LogP contribution in [0.4, 0.5) is 22.0 Å². The van der Waals surface area contributed by atoms with Gasteiger partial charge in [-0.2, -0.15) is 13.2 Å². The van der Waals surface area contributed by atoms with E-state index in [1.807, 2.05) is 0 Å². The van der Waals surface area contributed by atoms with Gasteiger partial charge in [-0.05, 0) is 25.1 Å². The van der Waals surface area contributed by atoms with E-state index in [4.69, 9.17) is 0 Å². The standard InChI is InChI=1S/C14H12F5N3/c1-8(13-10(15)3-2-4-20-13)21-7-12-11(16)5-9(6-22-12)14(17,18)19/h2-6,8,21H,7H2,1H3/t8-/m1/s1. The highest BCUT2D eigenvalue weighted by molar-refractivity contribution is 5.19. The molecule has 2 aromatic heterocycles. The highest BCUT2D eigenvalue weighted by Crippen LogP contribution is 2.29. The number of hydrogen-bond donors (Lipinski definition) is 1. The lowest BCUT2D eigenvalue weighted by molar-refractivity contribution is -0.138. The van der Waals surface area contributed by atoms with Crippen molar-refractivity contribution < 1.29 is 22.0 Å². The lowest BCUT2D eigenvalue weighted by Gasteiger charge is -2.14. The normalized spacial score (nSPS) is 13.2. The monoisotopic (exact) mass is 317 g/mol. The Morgan fingerprint density at radius 3 is 2.50 bits per heavy atom. The van der Waals surface area contributed by atoms with Crippen LogP contribution in [0.2, 0.25) is 0 Å². The van der Waals surface area contributed by atoms with E-state index in [1.54, 1.807) is 6.92 Å². The van der Waals surface area contributed by atoms with Crippen LogP contribution in [0.3, 0.4) is 0 Å². The van der Waals surface area contributed by atoms with Crippen molar-refractivity contribution >= 4 is 0 Å². The van der Waals surface area contributed by atoms with Crippen LogP contribution in [0.5, 0.6) is 0 Å². The summed E-state index contributed by atoms with van der Waals surface area (Å²) in [6.07, 6.45) is -2.68. The Morgan fingerprint density at radius 2 is 1.91 bits per heavy atom. The fourth-order valence-electron chi connectivity index (χ4n) is 1.81. The van der Waals surface area contributed by atoms with Gasteiger partial charge in [-0.25, -0.2) is 8.78 Å². The van der Waals surface area contributed by atoms with Crippen molar-refractivity contribution in [3.05, 3.63) is 59.2 Å². The molecular weight excluding hydrogens is 305 g/mol. The van der Waals surface area contributed by atoms with Crippen LogP contribution < -0.4 is 5.32 Å². The number of nitrogens with one attached hydrogen (secondary N) is 1. The van der Waals surface area contributed by atoms with Crippen molar-refractivity contribution in [1.29, 1.82) is 0 Å². The molecule has 2 aromatic rings. The second kappa shape index (κ2) is 6.35. The molecular formula is C14H12F5N3. The van der Waals surface area contributed by atoms with Gasteiger partial charge >= 0.3 is 6.18 Å². The maximum atomic E-state index is 13.6. The predicted octanol–water partition coefficient (Wildman–Crippen LogP) is 3.62. The van der Waals surface area contributed by atoms with Gasteiger partial charge in [0.15, 0.2) is 0 Å². The smallest absolute Gasteiger partial charge is 0.303 e. The van der Waals surface area contributed by atoms with E-state index in [-0.39, 0.29) is 17.9 Å². The summed E-state index contributed by atoms with van der Waals surface area (Å²) in [5, 5.41) is 2.77. The summed E-state index contributed by atoms with van der Waals surface area (Å²) in [6.45, 7) is 1.45. The van der Waals surface area contributed by atoms with Gasteiger partial charge in [0.25, 0.3) is 0 Å². The molecule has 2 rings (SSSR count). The van der Waals surface area contributed by atoms with Gasteiger partial charge in [0, 0.05) is 25.0 Å². The molecule has 0 radical (unpaired) electrons. The Labute approximate surface area is 123 Å². The van der Waals surface area contributed by atoms with Crippen LogP contribution >= 0.6 is 0 Å². The van der Waals surface area contributed by atoms with Gasteiger partial charge in [0.2, 0.25) is 0 Å². The van der Waals surface area contributed by atoms with Crippen LogP contribution in [-0.2, 0) is 12.7 Å². The first-order chi connectivity index (χ1) is 10.3. The Kier molecular flexibility index (Phi) is 4.70. The molecule has 0 saturated carbocycles. The molecule has 1 N–H and O–H groups in total. The molecule has 0 saturated heterocycles. The molecule has 2 heterocycles. The maximum absolute atomic E-state index is 13.6. The topological polar surface area (TPSA) is 37.8 Å². The molecule has 1 atom stereocenters. The van der Waals surface area contributed by atoms with Gasteiger partial charge < -0.3 is 5.32 Å². The number of pyridine rings is 2. The minimum absolute atomic E-state index is 0.134. The van der Waals surface area contributed by atoms with E-state index in [2.05, 4.69) is 15.3 Å². The summed E-state index contributed by atoms with van der Waals surface area (Å²) in [4.78, 5) is 7.32. The van der Waals surface area contributed by atoms with Crippen molar-refractivity contribution in [2.75, 3.05) is 0 Å². The average molecular weight is 317 g/mol. The quantitative estimate of drug-likeness (QED) is 0.875. The molecule has 118 valence electrons. The minimum atomic E-state index is -4.65. The Bertz CT molecular complexity index is 657. The van der Waals surface area contributed by atoms with Gasteiger partial charge in [-0.3, -0.25) is 9.97 Å². The zero-order valence-electron chi connectivity index (χ0n) is 11.5. The summed E-state index contributed by atoms with van der Waals surface area (Å²) in [7, 11) is 0. The van der Waals surface area contributed by atoms with E-state index in [1.165, 1.54) is 18.3 Å². The lowest BCUT2D eigenvalue weighted by Crippen LogP contribution is -2.22. The molecule has 0 spiro atoms. The fourth-order valence-corrected chi connectivity index (χ4v) is 1.81. The van der Waals surface area contributed by atoms with Gasteiger partial charge in [-0.15, -0.1) is 0 Å². The number of rotatable bonds is 4. The Hall–Kier alpha value is -2.09. The van der Waals surface area contributed by atoms with E-state index in [0.29, 0.717) is 12.3 Å². The zero-order chi connectivity index (χ0) is 16.3. The SMILES string of the molecule is C[C@@H](NCc1ncc(C(F)(F)F)cc1F)c1ncccc1F. The molecule has 8 heteroatoms. The van der Waals surface area contributed by atoms with Crippen molar-refractivity contribution in [3.63, 3.8) is 0 Å². The molecule has 0 aliphatic carbocycles. The number of alkyl halides is 3. The molecule has 0 fully saturated rings. The van der Waals surface area contributed by atoms with Gasteiger partial charge in [0.1, 0.15) is 11.6 Å². The van der Waals surface area contributed by atoms with E-state index < -0.39 is 29.4 Å². The molecule has 0 aromatic carbocycles. The van der Waals surface area contributed by atoms with Crippen LogP contribution in [0.15, 0.2) is 30.6 Å². The third-order valence-electron chi connectivity index (χ3n) is 3.02. The third-order valence-corrected chi connectivity index (χ3v) is 3.02. The molecule has 0 unspecified atom stereocenters. The fraction of sp³-hybridized carbons (Fsp3) is 0.286. The van der Waals surface area contributed by atoms with Crippen molar-refractivity contribution in [2.24, 2.45) is 0 Å². The van der Waals surface area contributed by atoms with Crippen LogP contribution in [0.1, 0.15) is 29.9 Å². The summed E-state index contributed by atoms with van der Waals surface area (Å²) in [6, 6.07) is 2.50. The Morgan fingerprint density at radius 1 is 1.18 bits per heavy atom. The zero-order valence-corrected chi connectivity index (χ0v) is 11.5. The summed E-state index contributed by atoms with van der Waals surface area (Å²) in [5.74, 6) is -1.60. The summed E-state index contributed by atoms with van der Waals surface area (Å²) >= 11 is 0. The first-order valence-corrected chi connectivity index (χ1v) is 6.34. The Balaban J connectivity index is 2.07. The van der Waals surface area contributed by atoms with Crippen LogP contribution in [-0.4, -0.2) is 9.97 Å². The van der Waals surface area contributed by atoms with Crippen LogP contribution in [0.25, 0.3) is 0 Å². The molecule has 0 amide bonds. The second-order valence-electron chi connectivity index (χ2n) is 4.62. The van der Waals surface area contributed by atoms with E-state index >= 15 is 0 Å². The average Bonchev–Trinajstić information content (AvgIpc) is 2.45. The van der Waals surface area contributed by atoms with Gasteiger partial charge in [0.05, 0.1) is 17.0 Å². The van der Waals surface area contributed by atoms with Crippen LogP contribution in [0, 0.1) is 11.6 Å². The first kappa shape index (κ1) is 16.3. The molecule has 3 nitrogen and oxygen atoms in total. The minimum Gasteiger partial charge on any atom is -0.303 e. The largest absolute Gasteiger partial charge is 0.417 e. The van der Waals surface area contributed by atoms with Crippen molar-refractivity contribution in [1.82, 2.24) is 15.3 Å². The third kappa shape index (κ3) is 3.76. The number of aromatic nitrogens is 2. The van der Waals surface area contributed by atoms with Gasteiger partial charge in [-0.1, -0.05) is 0 Å². The van der Waals surface area contributed by atoms with E-state index in [9.17, 15) is 22.0 Å². The maximum Gasteiger partial charge on any atom is 0.417 e. The van der Waals surface area contributed by atoms with Crippen molar-refractivity contribution in [3.8, 4) is 0 Å². The molecule has 0 aliphatic rings. The predicted molar refractivity (Wildman–Crippen MR) is 68.6 cm³/mol. The summed E-state index contributed by atoms with van der Waals surface area (Å²) in [5.41, 5.74) is -1.21. The first-order valence-electron chi connectivity index (χ1n) is 6.34. The number of hydrogen-bond acceptors (Lipinski definition) is 3. The highest BCUT2D eigenvalue weighted by atomic mass is 19.4. The lowest BCUT2D eigenvalue weighted by atomic mass is 10.2. The van der Waals surface area contributed by atoms with Crippen molar-refractivity contribution in [2.45, 2.75) is 25.7 Å².